The minimum absolute atomic E-state index is 0.0414. The average molecular weight is 352 g/mol. The fraction of sp³-hybridized carbons (Fsp3) is 0.438. The quantitative estimate of drug-likeness (QED) is 0.890. The van der Waals surface area contributed by atoms with Gasteiger partial charge in [-0.15, -0.1) is 0 Å². The molecule has 7 nitrogen and oxygen atoms in total. The van der Waals surface area contributed by atoms with Crippen molar-refractivity contribution >= 4 is 15.7 Å². The van der Waals surface area contributed by atoms with Crippen LogP contribution in [0.3, 0.4) is 0 Å². The molecule has 1 aliphatic rings. The Hall–Kier alpha value is -2.22. The van der Waals surface area contributed by atoms with Crippen LogP contribution in [0.4, 0.5) is 5.69 Å². The summed E-state index contributed by atoms with van der Waals surface area (Å²) in [6.45, 7) is 7.38. The third-order valence-corrected chi connectivity index (χ3v) is 5.39. The number of aromatic nitrogens is 1. The van der Waals surface area contributed by atoms with Crippen molar-refractivity contribution in [2.24, 2.45) is 0 Å². The van der Waals surface area contributed by atoms with Crippen molar-refractivity contribution in [3.05, 3.63) is 29.2 Å². The maximum Gasteiger partial charge on any atom is 0.267 e. The number of aryl methyl sites for hydroxylation is 2. The molecule has 1 unspecified atom stereocenters. The number of nitrogens with zero attached hydrogens (tertiary/aromatic N) is 1. The first-order valence-electron chi connectivity index (χ1n) is 7.74. The van der Waals surface area contributed by atoms with Crippen LogP contribution in [-0.4, -0.2) is 26.3 Å². The second-order valence-electron chi connectivity index (χ2n) is 5.78. The number of hydrogen-bond donors (Lipinski definition) is 1. The van der Waals surface area contributed by atoms with Crippen molar-refractivity contribution in [2.45, 2.75) is 45.1 Å². The summed E-state index contributed by atoms with van der Waals surface area (Å²) >= 11 is 0. The molecule has 1 aromatic heterocycles. The largest absolute Gasteiger partial charge is 0.492 e. The smallest absolute Gasteiger partial charge is 0.267 e. The average Bonchev–Trinajstić information content (AvgIpc) is 3.00. The minimum atomic E-state index is -3.84. The number of rotatable bonds is 5. The molecular formula is C16H20N2O5S. The van der Waals surface area contributed by atoms with Gasteiger partial charge in [-0.1, -0.05) is 5.16 Å². The maximum atomic E-state index is 12.7. The molecule has 2 heterocycles. The monoisotopic (exact) mass is 352 g/mol. The van der Waals surface area contributed by atoms with E-state index in [1.54, 1.807) is 19.9 Å². The van der Waals surface area contributed by atoms with Crippen LogP contribution < -0.4 is 14.2 Å². The van der Waals surface area contributed by atoms with Gasteiger partial charge in [-0.3, -0.25) is 4.72 Å². The molecule has 1 aromatic carbocycles. The molecule has 1 N–H and O–H groups in total. The molecule has 0 saturated heterocycles. The van der Waals surface area contributed by atoms with E-state index in [0.29, 0.717) is 29.5 Å². The fourth-order valence-electron chi connectivity index (χ4n) is 2.85. The number of hydrogen-bond acceptors (Lipinski definition) is 6. The van der Waals surface area contributed by atoms with Gasteiger partial charge in [0.05, 0.1) is 12.3 Å². The Labute approximate surface area is 141 Å². The Morgan fingerprint density at radius 3 is 2.75 bits per heavy atom. The van der Waals surface area contributed by atoms with Gasteiger partial charge in [0.25, 0.3) is 10.0 Å². The van der Waals surface area contributed by atoms with Gasteiger partial charge in [0.1, 0.15) is 23.3 Å². The second kappa shape index (κ2) is 6.01. The van der Waals surface area contributed by atoms with Gasteiger partial charge < -0.3 is 14.0 Å². The lowest BCUT2D eigenvalue weighted by Crippen LogP contribution is -2.15. The summed E-state index contributed by atoms with van der Waals surface area (Å²) in [6.07, 6.45) is 0.829. The normalized spacial score (nSPS) is 16.6. The van der Waals surface area contributed by atoms with E-state index in [0.717, 1.165) is 12.0 Å². The van der Waals surface area contributed by atoms with Crippen molar-refractivity contribution in [2.75, 3.05) is 11.3 Å². The third-order valence-electron chi connectivity index (χ3n) is 3.78. The molecule has 0 saturated carbocycles. The van der Waals surface area contributed by atoms with Gasteiger partial charge >= 0.3 is 0 Å². The zero-order chi connectivity index (χ0) is 17.5. The Morgan fingerprint density at radius 1 is 1.38 bits per heavy atom. The van der Waals surface area contributed by atoms with Crippen LogP contribution in [-0.2, 0) is 16.4 Å². The topological polar surface area (TPSA) is 90.7 Å². The van der Waals surface area contributed by atoms with Crippen LogP contribution in [0.1, 0.15) is 30.9 Å². The van der Waals surface area contributed by atoms with E-state index in [1.165, 1.54) is 0 Å². The highest BCUT2D eigenvalue weighted by molar-refractivity contribution is 7.92. The van der Waals surface area contributed by atoms with Crippen LogP contribution in [0.2, 0.25) is 0 Å². The summed E-state index contributed by atoms with van der Waals surface area (Å²) in [5.74, 6) is 1.38. The summed E-state index contributed by atoms with van der Waals surface area (Å²) < 4.78 is 44.3. The Morgan fingerprint density at radius 2 is 2.12 bits per heavy atom. The van der Waals surface area contributed by atoms with Gasteiger partial charge in [-0.05, 0) is 33.8 Å². The van der Waals surface area contributed by atoms with Gasteiger partial charge in [-0.2, -0.15) is 0 Å². The molecule has 130 valence electrons. The third kappa shape index (κ3) is 2.93. The van der Waals surface area contributed by atoms with Crippen molar-refractivity contribution < 1.29 is 22.4 Å². The lowest BCUT2D eigenvalue weighted by molar-refractivity contribution is 0.254. The highest BCUT2D eigenvalue weighted by Crippen LogP contribution is 2.39. The van der Waals surface area contributed by atoms with E-state index in [9.17, 15) is 8.42 Å². The molecule has 8 heteroatoms. The second-order valence-corrected chi connectivity index (χ2v) is 7.40. The van der Waals surface area contributed by atoms with Crippen LogP contribution in [0.25, 0.3) is 0 Å². The molecule has 0 amide bonds. The fourth-order valence-corrected chi connectivity index (χ4v) is 4.24. The number of anilines is 1. The van der Waals surface area contributed by atoms with Crippen LogP contribution in [0.15, 0.2) is 21.6 Å². The van der Waals surface area contributed by atoms with Gasteiger partial charge in [-0.25, -0.2) is 8.42 Å². The zero-order valence-electron chi connectivity index (χ0n) is 14.0. The first-order valence-corrected chi connectivity index (χ1v) is 9.22. The molecule has 0 radical (unpaired) electrons. The molecular weight excluding hydrogens is 332 g/mol. The summed E-state index contributed by atoms with van der Waals surface area (Å²) in [7, 11) is -3.84. The Kier molecular flexibility index (Phi) is 4.16. The van der Waals surface area contributed by atoms with E-state index >= 15 is 0 Å². The molecule has 0 aliphatic carbocycles. The molecule has 24 heavy (non-hydrogen) atoms. The van der Waals surface area contributed by atoms with Crippen molar-refractivity contribution in [3.63, 3.8) is 0 Å². The van der Waals surface area contributed by atoms with Gasteiger partial charge in [0.15, 0.2) is 10.7 Å². The SMILES string of the molecule is CCOc1cc2c(cc1NS(=O)(=O)c1c(C)noc1C)OC(C)C2. The van der Waals surface area contributed by atoms with E-state index in [1.807, 2.05) is 19.9 Å². The van der Waals surface area contributed by atoms with Crippen molar-refractivity contribution in [1.82, 2.24) is 5.16 Å². The van der Waals surface area contributed by atoms with Crippen LogP contribution in [0.5, 0.6) is 11.5 Å². The molecule has 0 bridgehead atoms. The zero-order valence-corrected chi connectivity index (χ0v) is 14.9. The minimum Gasteiger partial charge on any atom is -0.492 e. The number of benzene rings is 1. The summed E-state index contributed by atoms with van der Waals surface area (Å²) in [5, 5.41) is 3.70. The van der Waals surface area contributed by atoms with E-state index in [4.69, 9.17) is 14.0 Å². The van der Waals surface area contributed by atoms with Gasteiger partial charge in [0, 0.05) is 18.1 Å². The number of nitrogens with one attached hydrogen (secondary N) is 1. The van der Waals surface area contributed by atoms with E-state index in [2.05, 4.69) is 9.88 Å². The molecule has 2 aromatic rings. The predicted octanol–water partition coefficient (Wildman–Crippen LogP) is 2.81. The van der Waals surface area contributed by atoms with Gasteiger partial charge in [0.2, 0.25) is 0 Å². The van der Waals surface area contributed by atoms with Crippen molar-refractivity contribution in [3.8, 4) is 11.5 Å². The van der Waals surface area contributed by atoms with Crippen LogP contribution in [0, 0.1) is 13.8 Å². The highest BCUT2D eigenvalue weighted by Gasteiger charge is 2.27. The lowest BCUT2D eigenvalue weighted by atomic mass is 10.1. The lowest BCUT2D eigenvalue weighted by Gasteiger charge is -2.14. The first-order chi connectivity index (χ1) is 11.3. The highest BCUT2D eigenvalue weighted by atomic mass is 32.2. The Bertz CT molecular complexity index is 853. The van der Waals surface area contributed by atoms with Crippen LogP contribution >= 0.6 is 0 Å². The summed E-state index contributed by atoms with van der Waals surface area (Å²) in [4.78, 5) is 0.0414. The molecule has 3 rings (SSSR count). The maximum absolute atomic E-state index is 12.7. The number of fused-ring (bicyclic) bond motifs is 1. The summed E-state index contributed by atoms with van der Waals surface area (Å²) in [6, 6.07) is 3.49. The molecule has 0 fully saturated rings. The first kappa shape index (κ1) is 16.6. The number of sulfonamides is 1. The molecule has 0 spiro atoms. The molecule has 1 atom stereocenters. The van der Waals surface area contributed by atoms with E-state index < -0.39 is 10.0 Å². The van der Waals surface area contributed by atoms with Crippen molar-refractivity contribution in [1.29, 1.82) is 0 Å². The molecule has 1 aliphatic heterocycles. The summed E-state index contributed by atoms with van der Waals surface area (Å²) in [5.41, 5.74) is 1.65. The Balaban J connectivity index is 2.02. The standard InChI is InChI=1S/C16H20N2O5S/c1-5-21-15-7-12-6-9(2)22-14(12)8-13(15)18-24(19,20)16-10(3)17-23-11(16)4/h7-9,18H,5-6H2,1-4H3. The number of ether oxygens (including phenoxy) is 2. The predicted molar refractivity (Wildman–Crippen MR) is 88.2 cm³/mol. The van der Waals surface area contributed by atoms with E-state index in [-0.39, 0.29) is 16.8 Å².